The minimum Gasteiger partial charge on any atom is -0.311 e. The number of aryl methyl sites for hydroxylation is 1. The van der Waals surface area contributed by atoms with Gasteiger partial charge in [0, 0.05) is 17.8 Å². The molecular weight excluding hydrogens is 192 g/mol. The van der Waals surface area contributed by atoms with Crippen LogP contribution in [0.4, 0.5) is 0 Å². The second kappa shape index (κ2) is 4.96. The number of aromatic nitrogens is 2. The summed E-state index contributed by atoms with van der Waals surface area (Å²) in [7, 11) is 0. The molecule has 4 nitrogen and oxygen atoms in total. The molecule has 0 aliphatic rings. The van der Waals surface area contributed by atoms with Crippen LogP contribution in [0.15, 0.2) is 9.59 Å². The molecule has 1 aromatic heterocycles. The van der Waals surface area contributed by atoms with Crippen molar-refractivity contribution in [1.29, 1.82) is 0 Å². The van der Waals surface area contributed by atoms with Crippen molar-refractivity contribution in [3.63, 3.8) is 0 Å². The average Bonchev–Trinajstić information content (AvgIpc) is 2.17. The molecule has 0 radical (unpaired) electrons. The van der Waals surface area contributed by atoms with Gasteiger partial charge in [0.05, 0.1) is 0 Å². The summed E-state index contributed by atoms with van der Waals surface area (Å²) in [6, 6.07) is 0. The van der Waals surface area contributed by atoms with E-state index in [1.807, 2.05) is 0 Å². The van der Waals surface area contributed by atoms with E-state index in [1.54, 1.807) is 13.8 Å². The topological polar surface area (TPSA) is 54.9 Å². The number of nitrogens with one attached hydrogen (secondary N) is 1. The highest BCUT2D eigenvalue weighted by atomic mass is 16.2. The number of aromatic amines is 1. The van der Waals surface area contributed by atoms with Crippen LogP contribution < -0.4 is 11.2 Å². The normalized spacial score (nSPS) is 10.6. The third-order valence-corrected chi connectivity index (χ3v) is 2.59. The Labute approximate surface area is 89.0 Å². The van der Waals surface area contributed by atoms with E-state index in [2.05, 4.69) is 11.9 Å². The number of unbranched alkanes of at least 4 members (excludes halogenated alkanes) is 1. The first-order valence-electron chi connectivity index (χ1n) is 5.44. The van der Waals surface area contributed by atoms with Crippen molar-refractivity contribution in [3.05, 3.63) is 32.1 Å². The molecule has 1 aromatic rings. The molecule has 4 heteroatoms. The summed E-state index contributed by atoms with van der Waals surface area (Å²) in [4.78, 5) is 26.0. The molecule has 0 aliphatic heterocycles. The van der Waals surface area contributed by atoms with Gasteiger partial charge in [0.15, 0.2) is 0 Å². The first-order valence-corrected chi connectivity index (χ1v) is 5.44. The maximum atomic E-state index is 11.9. The molecule has 0 bridgehead atoms. The third-order valence-electron chi connectivity index (χ3n) is 2.59. The van der Waals surface area contributed by atoms with Crippen molar-refractivity contribution >= 4 is 0 Å². The minimum atomic E-state index is -0.305. The van der Waals surface area contributed by atoms with E-state index in [-0.39, 0.29) is 11.2 Å². The molecule has 84 valence electrons. The van der Waals surface area contributed by atoms with Crippen LogP contribution >= 0.6 is 0 Å². The maximum absolute atomic E-state index is 11.9. The summed E-state index contributed by atoms with van der Waals surface area (Å²) in [5.74, 6) is 0. The van der Waals surface area contributed by atoms with Crippen LogP contribution in [0.25, 0.3) is 0 Å². The lowest BCUT2D eigenvalue weighted by Gasteiger charge is -2.07. The summed E-state index contributed by atoms with van der Waals surface area (Å²) in [5, 5.41) is 0. The fourth-order valence-corrected chi connectivity index (χ4v) is 1.65. The van der Waals surface area contributed by atoms with Crippen molar-refractivity contribution in [2.24, 2.45) is 0 Å². The van der Waals surface area contributed by atoms with Gasteiger partial charge in [-0.1, -0.05) is 13.3 Å². The molecule has 0 aliphatic carbocycles. The summed E-state index contributed by atoms with van der Waals surface area (Å²) >= 11 is 0. The Morgan fingerprint density at radius 1 is 1.27 bits per heavy atom. The van der Waals surface area contributed by atoms with E-state index < -0.39 is 0 Å². The predicted molar refractivity (Wildman–Crippen MR) is 60.3 cm³/mol. The van der Waals surface area contributed by atoms with Crippen molar-refractivity contribution in [3.8, 4) is 0 Å². The SMILES string of the molecule is CCCCc1c(C)[nH]c(=O)n(CC)c1=O. The van der Waals surface area contributed by atoms with E-state index in [9.17, 15) is 9.59 Å². The summed E-state index contributed by atoms with van der Waals surface area (Å²) in [5.41, 5.74) is 1.02. The van der Waals surface area contributed by atoms with E-state index in [1.165, 1.54) is 4.57 Å². The van der Waals surface area contributed by atoms with Gasteiger partial charge < -0.3 is 4.98 Å². The molecule has 0 unspecified atom stereocenters. The van der Waals surface area contributed by atoms with Crippen LogP contribution in [0, 0.1) is 6.92 Å². The molecule has 0 fully saturated rings. The molecule has 0 saturated heterocycles. The quantitative estimate of drug-likeness (QED) is 0.812. The Morgan fingerprint density at radius 2 is 1.93 bits per heavy atom. The van der Waals surface area contributed by atoms with Crippen molar-refractivity contribution < 1.29 is 0 Å². The molecule has 0 amide bonds. The molecule has 1 N–H and O–H groups in total. The highest BCUT2D eigenvalue weighted by Gasteiger charge is 2.09. The Hall–Kier alpha value is -1.32. The van der Waals surface area contributed by atoms with Gasteiger partial charge in [-0.3, -0.25) is 9.36 Å². The van der Waals surface area contributed by atoms with Crippen molar-refractivity contribution in [2.45, 2.75) is 46.6 Å². The molecule has 0 atom stereocenters. The van der Waals surface area contributed by atoms with E-state index in [4.69, 9.17) is 0 Å². The van der Waals surface area contributed by atoms with Crippen LogP contribution in [0.5, 0.6) is 0 Å². The fourth-order valence-electron chi connectivity index (χ4n) is 1.65. The van der Waals surface area contributed by atoms with Crippen molar-refractivity contribution in [1.82, 2.24) is 9.55 Å². The predicted octanol–water partition coefficient (Wildman–Crippen LogP) is 1.21. The number of nitrogens with zero attached hydrogens (tertiary/aromatic N) is 1. The highest BCUT2D eigenvalue weighted by Crippen LogP contribution is 2.02. The number of hydrogen-bond acceptors (Lipinski definition) is 2. The zero-order valence-corrected chi connectivity index (χ0v) is 9.59. The summed E-state index contributed by atoms with van der Waals surface area (Å²) in [6.45, 7) is 6.09. The highest BCUT2D eigenvalue weighted by molar-refractivity contribution is 5.15. The van der Waals surface area contributed by atoms with Crippen LogP contribution in [-0.2, 0) is 13.0 Å². The number of H-pyrrole nitrogens is 1. The minimum absolute atomic E-state index is 0.132. The zero-order chi connectivity index (χ0) is 11.4. The lowest BCUT2D eigenvalue weighted by molar-refractivity contribution is 0.645. The molecule has 15 heavy (non-hydrogen) atoms. The number of rotatable bonds is 4. The standard InChI is InChI=1S/C11H18N2O2/c1-4-6-7-9-8(3)12-11(15)13(5-2)10(9)14/h4-7H2,1-3H3,(H,12,15). The van der Waals surface area contributed by atoms with Crippen LogP contribution in [-0.4, -0.2) is 9.55 Å². The van der Waals surface area contributed by atoms with Crippen LogP contribution in [0.1, 0.15) is 37.9 Å². The Balaban J connectivity index is 3.27. The first kappa shape index (κ1) is 11.8. The lowest BCUT2D eigenvalue weighted by atomic mass is 10.1. The average molecular weight is 210 g/mol. The second-order valence-electron chi connectivity index (χ2n) is 3.69. The smallest absolute Gasteiger partial charge is 0.311 e. The van der Waals surface area contributed by atoms with Gasteiger partial charge in [-0.15, -0.1) is 0 Å². The Morgan fingerprint density at radius 3 is 2.47 bits per heavy atom. The Bertz CT molecular complexity index is 443. The Kier molecular flexibility index (Phi) is 3.88. The van der Waals surface area contributed by atoms with Gasteiger partial charge in [0.2, 0.25) is 0 Å². The van der Waals surface area contributed by atoms with Gasteiger partial charge in [-0.05, 0) is 26.7 Å². The molecule has 0 spiro atoms. The van der Waals surface area contributed by atoms with E-state index >= 15 is 0 Å². The van der Waals surface area contributed by atoms with E-state index in [0.717, 1.165) is 24.8 Å². The van der Waals surface area contributed by atoms with Gasteiger partial charge in [-0.2, -0.15) is 0 Å². The second-order valence-corrected chi connectivity index (χ2v) is 3.69. The first-order chi connectivity index (χ1) is 7.11. The maximum Gasteiger partial charge on any atom is 0.328 e. The van der Waals surface area contributed by atoms with Gasteiger partial charge in [0.25, 0.3) is 5.56 Å². The van der Waals surface area contributed by atoms with Gasteiger partial charge in [-0.25, -0.2) is 4.79 Å². The summed E-state index contributed by atoms with van der Waals surface area (Å²) in [6.07, 6.45) is 2.77. The van der Waals surface area contributed by atoms with Gasteiger partial charge in [0.1, 0.15) is 0 Å². The molecular formula is C11H18N2O2. The fraction of sp³-hybridized carbons (Fsp3) is 0.636. The third kappa shape index (κ3) is 2.37. The molecule has 0 saturated carbocycles. The monoisotopic (exact) mass is 210 g/mol. The summed E-state index contributed by atoms with van der Waals surface area (Å²) < 4.78 is 1.25. The van der Waals surface area contributed by atoms with Crippen LogP contribution in [0.3, 0.4) is 0 Å². The lowest BCUT2D eigenvalue weighted by Crippen LogP contribution is -2.37. The zero-order valence-electron chi connectivity index (χ0n) is 9.59. The van der Waals surface area contributed by atoms with Crippen molar-refractivity contribution in [2.75, 3.05) is 0 Å². The van der Waals surface area contributed by atoms with Crippen LogP contribution in [0.2, 0.25) is 0 Å². The molecule has 1 rings (SSSR count). The molecule has 1 heterocycles. The largest absolute Gasteiger partial charge is 0.328 e. The number of hydrogen-bond donors (Lipinski definition) is 1. The molecule has 0 aromatic carbocycles. The van der Waals surface area contributed by atoms with Gasteiger partial charge >= 0.3 is 5.69 Å². The van der Waals surface area contributed by atoms with E-state index in [0.29, 0.717) is 12.2 Å².